The van der Waals surface area contributed by atoms with Gasteiger partial charge in [0.05, 0.1) is 17.4 Å². The normalized spacial score (nSPS) is 24.0. The molecule has 0 bridgehead atoms. The van der Waals surface area contributed by atoms with Crippen LogP contribution in [0.25, 0.3) is 0 Å². The number of fused-ring (bicyclic) bond motifs is 1. The predicted molar refractivity (Wildman–Crippen MR) is 92.7 cm³/mol. The van der Waals surface area contributed by atoms with E-state index in [0.29, 0.717) is 12.0 Å². The van der Waals surface area contributed by atoms with E-state index in [4.69, 9.17) is 16.7 Å². The fourth-order valence-electron chi connectivity index (χ4n) is 3.71. The lowest BCUT2D eigenvalue weighted by Gasteiger charge is -2.31. The zero-order chi connectivity index (χ0) is 14.9. The van der Waals surface area contributed by atoms with Gasteiger partial charge in [-0.1, -0.05) is 54.8 Å². The maximum atomic E-state index is 6.03. The zero-order valence-electron chi connectivity index (χ0n) is 12.5. The van der Waals surface area contributed by atoms with Crippen molar-refractivity contribution in [3.63, 3.8) is 0 Å². The van der Waals surface area contributed by atoms with Gasteiger partial charge in [-0.2, -0.15) is 5.10 Å². The summed E-state index contributed by atoms with van der Waals surface area (Å²) >= 11 is 6.03. The van der Waals surface area contributed by atoms with E-state index in [1.165, 1.54) is 42.6 Å². The summed E-state index contributed by atoms with van der Waals surface area (Å²) in [5, 5.41) is 8.03. The molecule has 0 aromatic heterocycles. The first-order chi connectivity index (χ1) is 10.8. The molecule has 0 spiro atoms. The Labute approximate surface area is 136 Å². The maximum absolute atomic E-state index is 6.03. The minimum atomic E-state index is 0.502. The first-order valence-electron chi connectivity index (χ1n) is 8.01. The molecule has 3 heteroatoms. The quantitative estimate of drug-likeness (QED) is 0.751. The maximum Gasteiger partial charge on any atom is 0.0734 e. The Kier molecular flexibility index (Phi) is 3.63. The molecule has 2 atom stereocenters. The van der Waals surface area contributed by atoms with Crippen LogP contribution in [0.2, 0.25) is 5.02 Å². The predicted octanol–water partition coefficient (Wildman–Crippen LogP) is 5.12. The number of hydrazone groups is 1. The summed E-state index contributed by atoms with van der Waals surface area (Å²) in [6.45, 7) is 0. The van der Waals surface area contributed by atoms with Gasteiger partial charge in [-0.15, -0.1) is 0 Å². The standard InChI is InChI=1S/C19H19ClN2/c20-15-12-10-14(11-13-15)19-17-8-4-5-9-18(17)22(21-19)16-6-2-1-3-7-16/h1-3,6-7,10-13,17-18H,4-5,8-9H2. The van der Waals surface area contributed by atoms with Gasteiger partial charge < -0.3 is 0 Å². The summed E-state index contributed by atoms with van der Waals surface area (Å²) in [5.74, 6) is 0.537. The molecule has 1 saturated carbocycles. The highest BCUT2D eigenvalue weighted by Crippen LogP contribution is 2.39. The van der Waals surface area contributed by atoms with Crippen molar-refractivity contribution in [3.05, 3.63) is 65.2 Å². The lowest BCUT2D eigenvalue weighted by Crippen LogP contribution is -2.36. The second-order valence-corrected chi connectivity index (χ2v) is 6.57. The molecule has 22 heavy (non-hydrogen) atoms. The second-order valence-electron chi connectivity index (χ2n) is 6.13. The molecule has 0 N–H and O–H groups in total. The van der Waals surface area contributed by atoms with Gasteiger partial charge in [0, 0.05) is 10.9 Å². The zero-order valence-corrected chi connectivity index (χ0v) is 13.2. The molecule has 0 amide bonds. The largest absolute Gasteiger partial charge is 0.262 e. The van der Waals surface area contributed by atoms with Gasteiger partial charge in [0.2, 0.25) is 0 Å². The SMILES string of the molecule is Clc1ccc(C2=NN(c3ccccc3)C3CCCCC23)cc1. The molecule has 0 saturated heterocycles. The molecule has 4 rings (SSSR count). The first-order valence-corrected chi connectivity index (χ1v) is 8.39. The van der Waals surface area contributed by atoms with Crippen molar-refractivity contribution < 1.29 is 0 Å². The van der Waals surface area contributed by atoms with Crippen LogP contribution in [0.1, 0.15) is 31.2 Å². The molecule has 1 aliphatic carbocycles. The molecule has 2 aromatic carbocycles. The molecule has 1 aliphatic heterocycles. The molecule has 2 unspecified atom stereocenters. The highest BCUT2D eigenvalue weighted by molar-refractivity contribution is 6.30. The van der Waals surface area contributed by atoms with Crippen molar-refractivity contribution >= 4 is 23.0 Å². The Balaban J connectivity index is 1.74. The van der Waals surface area contributed by atoms with Crippen LogP contribution >= 0.6 is 11.6 Å². The number of rotatable bonds is 2. The number of hydrogen-bond acceptors (Lipinski definition) is 2. The van der Waals surface area contributed by atoms with Crippen LogP contribution < -0.4 is 5.01 Å². The third kappa shape index (κ3) is 2.42. The van der Waals surface area contributed by atoms with Crippen molar-refractivity contribution in [2.75, 3.05) is 5.01 Å². The summed E-state index contributed by atoms with van der Waals surface area (Å²) in [7, 11) is 0. The summed E-state index contributed by atoms with van der Waals surface area (Å²) in [5.41, 5.74) is 3.63. The Bertz CT molecular complexity index is 678. The van der Waals surface area contributed by atoms with E-state index in [0.717, 1.165) is 5.02 Å². The van der Waals surface area contributed by atoms with E-state index in [2.05, 4.69) is 47.5 Å². The smallest absolute Gasteiger partial charge is 0.0734 e. The van der Waals surface area contributed by atoms with Gasteiger partial charge in [-0.05, 0) is 42.7 Å². The van der Waals surface area contributed by atoms with Crippen LogP contribution in [0, 0.1) is 5.92 Å². The number of para-hydroxylation sites is 1. The van der Waals surface area contributed by atoms with Gasteiger partial charge >= 0.3 is 0 Å². The number of benzene rings is 2. The molecule has 2 nitrogen and oxygen atoms in total. The van der Waals surface area contributed by atoms with Crippen LogP contribution in [0.3, 0.4) is 0 Å². The lowest BCUT2D eigenvalue weighted by molar-refractivity contribution is 0.384. The van der Waals surface area contributed by atoms with Gasteiger partial charge in [0.15, 0.2) is 0 Å². The van der Waals surface area contributed by atoms with E-state index in [1.807, 2.05) is 12.1 Å². The number of anilines is 1. The van der Waals surface area contributed by atoms with Crippen LogP contribution in [-0.4, -0.2) is 11.8 Å². The second kappa shape index (κ2) is 5.77. The molecule has 112 valence electrons. The Morgan fingerprint density at radius 1 is 0.909 bits per heavy atom. The molecular weight excluding hydrogens is 292 g/mol. The van der Waals surface area contributed by atoms with Crippen molar-refractivity contribution in [3.8, 4) is 0 Å². The number of halogens is 1. The minimum absolute atomic E-state index is 0.502. The molecule has 0 radical (unpaired) electrons. The summed E-state index contributed by atoms with van der Waals surface area (Å²) < 4.78 is 0. The third-order valence-corrected chi connectivity index (χ3v) is 5.02. The monoisotopic (exact) mass is 310 g/mol. The fourth-order valence-corrected chi connectivity index (χ4v) is 3.84. The van der Waals surface area contributed by atoms with E-state index in [-0.39, 0.29) is 0 Å². The fraction of sp³-hybridized carbons (Fsp3) is 0.316. The molecule has 1 heterocycles. The number of nitrogens with zero attached hydrogens (tertiary/aromatic N) is 2. The van der Waals surface area contributed by atoms with E-state index in [1.54, 1.807) is 0 Å². The summed E-state index contributed by atoms with van der Waals surface area (Å²) in [6, 6.07) is 19.2. The molecule has 2 aromatic rings. The Morgan fingerprint density at radius 2 is 1.64 bits per heavy atom. The topological polar surface area (TPSA) is 15.6 Å². The van der Waals surface area contributed by atoms with Crippen LogP contribution in [0.5, 0.6) is 0 Å². The van der Waals surface area contributed by atoms with Gasteiger partial charge in [-0.25, -0.2) is 0 Å². The van der Waals surface area contributed by atoms with Crippen LogP contribution in [0.15, 0.2) is 59.7 Å². The first kappa shape index (κ1) is 13.8. The van der Waals surface area contributed by atoms with Crippen molar-refractivity contribution in [2.45, 2.75) is 31.7 Å². The third-order valence-electron chi connectivity index (χ3n) is 4.77. The summed E-state index contributed by atoms with van der Waals surface area (Å²) in [6.07, 6.45) is 5.06. The van der Waals surface area contributed by atoms with E-state index < -0.39 is 0 Å². The van der Waals surface area contributed by atoms with Crippen molar-refractivity contribution in [1.82, 2.24) is 0 Å². The number of hydrogen-bond donors (Lipinski definition) is 0. The molecular formula is C19H19ClN2. The van der Waals surface area contributed by atoms with Crippen molar-refractivity contribution in [2.24, 2.45) is 11.0 Å². The highest BCUT2D eigenvalue weighted by Gasteiger charge is 2.39. The van der Waals surface area contributed by atoms with Crippen LogP contribution in [0.4, 0.5) is 5.69 Å². The van der Waals surface area contributed by atoms with Crippen LogP contribution in [-0.2, 0) is 0 Å². The Hall–Kier alpha value is -1.80. The molecule has 2 aliphatic rings. The Morgan fingerprint density at radius 3 is 2.41 bits per heavy atom. The average Bonchev–Trinajstić information content (AvgIpc) is 2.96. The van der Waals surface area contributed by atoms with Gasteiger partial charge in [-0.3, -0.25) is 5.01 Å². The lowest BCUT2D eigenvalue weighted by atomic mass is 9.80. The van der Waals surface area contributed by atoms with Crippen molar-refractivity contribution in [1.29, 1.82) is 0 Å². The van der Waals surface area contributed by atoms with E-state index >= 15 is 0 Å². The average molecular weight is 311 g/mol. The summed E-state index contributed by atoms with van der Waals surface area (Å²) in [4.78, 5) is 0. The molecule has 1 fully saturated rings. The highest BCUT2D eigenvalue weighted by atomic mass is 35.5. The van der Waals surface area contributed by atoms with Gasteiger partial charge in [0.1, 0.15) is 0 Å². The van der Waals surface area contributed by atoms with E-state index in [9.17, 15) is 0 Å². The van der Waals surface area contributed by atoms with Gasteiger partial charge in [0.25, 0.3) is 0 Å². The minimum Gasteiger partial charge on any atom is -0.262 e.